The summed E-state index contributed by atoms with van der Waals surface area (Å²) in [7, 11) is 1.60. The molecule has 0 saturated heterocycles. The molecule has 0 unspecified atom stereocenters. The number of benzene rings is 1. The molecule has 0 aliphatic carbocycles. The van der Waals surface area contributed by atoms with E-state index >= 15 is 0 Å². The molecule has 0 heterocycles. The maximum Gasteiger partial charge on any atom is 0.121 e. The molecule has 1 atom stereocenters. The van der Waals surface area contributed by atoms with Gasteiger partial charge in [0.1, 0.15) is 5.75 Å². The van der Waals surface area contributed by atoms with E-state index in [-0.39, 0.29) is 0 Å². The summed E-state index contributed by atoms with van der Waals surface area (Å²) in [5.41, 5.74) is 0.770. The summed E-state index contributed by atoms with van der Waals surface area (Å²) in [5.74, 6) is 0.738. The summed E-state index contributed by atoms with van der Waals surface area (Å²) < 4.78 is 5.06. The molecule has 1 rings (SSSR count). The van der Waals surface area contributed by atoms with Crippen LogP contribution in [0.5, 0.6) is 5.75 Å². The fraction of sp³-hybridized carbons (Fsp3) is 0.400. The summed E-state index contributed by atoms with van der Waals surface area (Å²) in [6.45, 7) is 2.17. The van der Waals surface area contributed by atoms with E-state index in [4.69, 9.17) is 21.4 Å². The smallest absolute Gasteiger partial charge is 0.121 e. The topological polar surface area (TPSA) is 41.5 Å². The zero-order valence-electron chi connectivity index (χ0n) is 8.25. The number of ether oxygens (including phenoxy) is 1. The van der Waals surface area contributed by atoms with Crippen LogP contribution in [0.2, 0.25) is 5.02 Å². The van der Waals surface area contributed by atoms with E-state index in [1.165, 1.54) is 0 Å². The van der Waals surface area contributed by atoms with Crippen LogP contribution in [0.25, 0.3) is 0 Å². The molecule has 0 aliphatic rings. The van der Waals surface area contributed by atoms with Crippen molar-refractivity contribution in [3.63, 3.8) is 0 Å². The Hall–Kier alpha value is -0.930. The van der Waals surface area contributed by atoms with Crippen molar-refractivity contribution in [2.75, 3.05) is 19.0 Å². The molecule has 0 bridgehead atoms. The van der Waals surface area contributed by atoms with Gasteiger partial charge in [-0.15, -0.1) is 0 Å². The SMILES string of the molecule is COc1ccc(Cl)c(NC[C@H](C)O)c1. The molecular formula is C10H14ClNO2. The highest BCUT2D eigenvalue weighted by Gasteiger charge is 2.02. The number of hydrogen-bond acceptors (Lipinski definition) is 3. The van der Waals surface area contributed by atoms with Gasteiger partial charge in [-0.05, 0) is 19.1 Å². The first-order chi connectivity index (χ1) is 6.63. The van der Waals surface area contributed by atoms with E-state index in [2.05, 4.69) is 5.32 Å². The monoisotopic (exact) mass is 215 g/mol. The van der Waals surface area contributed by atoms with Crippen molar-refractivity contribution in [2.45, 2.75) is 13.0 Å². The number of aliphatic hydroxyl groups is 1. The third-order valence-corrected chi connectivity index (χ3v) is 2.09. The van der Waals surface area contributed by atoms with E-state index in [9.17, 15) is 0 Å². The highest BCUT2D eigenvalue weighted by atomic mass is 35.5. The number of rotatable bonds is 4. The van der Waals surface area contributed by atoms with E-state index in [0.717, 1.165) is 11.4 Å². The average Bonchev–Trinajstić information content (AvgIpc) is 2.16. The van der Waals surface area contributed by atoms with Gasteiger partial charge in [0.05, 0.1) is 23.9 Å². The normalized spacial score (nSPS) is 12.3. The molecular weight excluding hydrogens is 202 g/mol. The number of methoxy groups -OCH3 is 1. The maximum atomic E-state index is 9.09. The first kappa shape index (κ1) is 11.1. The quantitative estimate of drug-likeness (QED) is 0.809. The van der Waals surface area contributed by atoms with Gasteiger partial charge >= 0.3 is 0 Å². The minimum absolute atomic E-state index is 0.405. The zero-order chi connectivity index (χ0) is 10.6. The van der Waals surface area contributed by atoms with E-state index in [1.807, 2.05) is 0 Å². The van der Waals surface area contributed by atoms with Crippen LogP contribution in [0.3, 0.4) is 0 Å². The first-order valence-corrected chi connectivity index (χ1v) is 4.76. The fourth-order valence-corrected chi connectivity index (χ4v) is 1.21. The molecule has 3 nitrogen and oxygen atoms in total. The minimum Gasteiger partial charge on any atom is -0.497 e. The van der Waals surface area contributed by atoms with Gasteiger partial charge in [0.2, 0.25) is 0 Å². The molecule has 0 aromatic heterocycles. The molecule has 1 aromatic rings. The lowest BCUT2D eigenvalue weighted by Crippen LogP contribution is -2.15. The second kappa shape index (κ2) is 5.08. The Kier molecular flexibility index (Phi) is 4.04. The number of hydrogen-bond donors (Lipinski definition) is 2. The van der Waals surface area contributed by atoms with Gasteiger partial charge in [0.15, 0.2) is 0 Å². The number of halogens is 1. The van der Waals surface area contributed by atoms with Crippen molar-refractivity contribution in [2.24, 2.45) is 0 Å². The maximum absolute atomic E-state index is 9.09. The molecule has 0 fully saturated rings. The Balaban J connectivity index is 2.73. The lowest BCUT2D eigenvalue weighted by atomic mass is 10.3. The molecule has 2 N–H and O–H groups in total. The summed E-state index contributed by atoms with van der Waals surface area (Å²) in [6.07, 6.45) is -0.405. The zero-order valence-corrected chi connectivity index (χ0v) is 9.01. The van der Waals surface area contributed by atoms with Crippen molar-refractivity contribution >= 4 is 17.3 Å². The lowest BCUT2D eigenvalue weighted by Gasteiger charge is -2.11. The van der Waals surface area contributed by atoms with E-state index < -0.39 is 6.10 Å². The van der Waals surface area contributed by atoms with Gasteiger partial charge in [-0.1, -0.05) is 11.6 Å². The van der Waals surface area contributed by atoms with Crippen LogP contribution >= 0.6 is 11.6 Å². The number of nitrogens with one attached hydrogen (secondary N) is 1. The summed E-state index contributed by atoms with van der Waals surface area (Å²) in [4.78, 5) is 0. The Morgan fingerprint density at radius 3 is 2.86 bits per heavy atom. The van der Waals surface area contributed by atoms with Crippen LogP contribution in [0, 0.1) is 0 Å². The van der Waals surface area contributed by atoms with Gasteiger partial charge < -0.3 is 15.2 Å². The third kappa shape index (κ3) is 3.09. The molecule has 0 aliphatic heterocycles. The number of anilines is 1. The Morgan fingerprint density at radius 2 is 2.29 bits per heavy atom. The molecule has 0 radical (unpaired) electrons. The Labute approximate surface area is 88.7 Å². The summed E-state index contributed by atoms with van der Waals surface area (Å²) in [5, 5.41) is 12.7. The lowest BCUT2D eigenvalue weighted by molar-refractivity contribution is 0.208. The van der Waals surface area contributed by atoms with Gasteiger partial charge in [-0.25, -0.2) is 0 Å². The second-order valence-corrected chi connectivity index (χ2v) is 3.48. The number of aliphatic hydroxyl groups excluding tert-OH is 1. The van der Waals surface area contributed by atoms with Gasteiger partial charge in [-0.3, -0.25) is 0 Å². The van der Waals surface area contributed by atoms with Crippen molar-refractivity contribution in [1.29, 1.82) is 0 Å². The summed E-state index contributed by atoms with van der Waals surface area (Å²) in [6, 6.07) is 5.34. The molecule has 14 heavy (non-hydrogen) atoms. The molecule has 78 valence electrons. The Morgan fingerprint density at radius 1 is 1.57 bits per heavy atom. The molecule has 4 heteroatoms. The van der Waals surface area contributed by atoms with Crippen LogP contribution in [0.4, 0.5) is 5.69 Å². The predicted molar refractivity (Wildman–Crippen MR) is 58.2 cm³/mol. The average molecular weight is 216 g/mol. The van der Waals surface area contributed by atoms with Crippen LogP contribution in [-0.2, 0) is 0 Å². The summed E-state index contributed by atoms with van der Waals surface area (Å²) >= 11 is 5.94. The van der Waals surface area contributed by atoms with Crippen molar-refractivity contribution in [3.8, 4) is 5.75 Å². The highest BCUT2D eigenvalue weighted by Crippen LogP contribution is 2.26. The van der Waals surface area contributed by atoms with Gasteiger partial charge in [-0.2, -0.15) is 0 Å². The van der Waals surface area contributed by atoms with E-state index in [0.29, 0.717) is 11.6 Å². The van der Waals surface area contributed by atoms with Gasteiger partial charge in [0.25, 0.3) is 0 Å². The third-order valence-electron chi connectivity index (χ3n) is 1.76. The Bertz CT molecular complexity index is 302. The minimum atomic E-state index is -0.405. The first-order valence-electron chi connectivity index (χ1n) is 4.39. The van der Waals surface area contributed by atoms with Crippen LogP contribution in [-0.4, -0.2) is 24.9 Å². The molecule has 0 saturated carbocycles. The molecule has 0 spiro atoms. The van der Waals surface area contributed by atoms with Crippen LogP contribution in [0.15, 0.2) is 18.2 Å². The van der Waals surface area contributed by atoms with Crippen molar-refractivity contribution in [1.82, 2.24) is 0 Å². The van der Waals surface area contributed by atoms with E-state index in [1.54, 1.807) is 32.2 Å². The fourth-order valence-electron chi connectivity index (χ4n) is 1.02. The predicted octanol–water partition coefficient (Wildman–Crippen LogP) is 2.14. The second-order valence-electron chi connectivity index (χ2n) is 3.08. The van der Waals surface area contributed by atoms with Crippen molar-refractivity contribution < 1.29 is 9.84 Å². The van der Waals surface area contributed by atoms with Crippen LogP contribution in [0.1, 0.15) is 6.92 Å². The standard InChI is InChI=1S/C10H14ClNO2/c1-7(13)6-12-10-5-8(14-2)3-4-9(10)11/h3-5,7,12-13H,6H2,1-2H3/t7-/m0/s1. The largest absolute Gasteiger partial charge is 0.497 e. The highest BCUT2D eigenvalue weighted by molar-refractivity contribution is 6.33. The van der Waals surface area contributed by atoms with Crippen LogP contribution < -0.4 is 10.1 Å². The van der Waals surface area contributed by atoms with Gasteiger partial charge in [0, 0.05) is 12.6 Å². The molecule has 1 aromatic carbocycles. The van der Waals surface area contributed by atoms with Crippen molar-refractivity contribution in [3.05, 3.63) is 23.2 Å². The molecule has 0 amide bonds.